The molecule has 0 aliphatic carbocycles. The Kier molecular flexibility index (Phi) is 6.61. The Morgan fingerprint density at radius 3 is 2.79 bits per heavy atom. The molecule has 3 aliphatic heterocycles. The Morgan fingerprint density at radius 2 is 2.03 bits per heavy atom. The van der Waals surface area contributed by atoms with Crippen molar-refractivity contribution in [1.29, 1.82) is 0 Å². The summed E-state index contributed by atoms with van der Waals surface area (Å²) in [6, 6.07) is 11.3. The van der Waals surface area contributed by atoms with Crippen molar-refractivity contribution in [3.8, 4) is 11.6 Å². The molecule has 1 fully saturated rings. The van der Waals surface area contributed by atoms with Crippen molar-refractivity contribution >= 4 is 41.0 Å². The average molecular weight is 544 g/mol. The van der Waals surface area contributed by atoms with Gasteiger partial charge in [-0.1, -0.05) is 18.3 Å². The lowest BCUT2D eigenvalue weighted by atomic mass is 9.99. The molecule has 0 spiro atoms. The molecule has 39 heavy (non-hydrogen) atoms. The van der Waals surface area contributed by atoms with Crippen molar-refractivity contribution in [2.45, 2.75) is 35.2 Å². The van der Waals surface area contributed by atoms with Gasteiger partial charge in [-0.2, -0.15) is 5.10 Å². The lowest BCUT2D eigenvalue weighted by Gasteiger charge is -2.35. The number of benzene rings is 1. The van der Waals surface area contributed by atoms with Gasteiger partial charge in [0.05, 0.1) is 17.4 Å². The molecule has 1 aromatic carbocycles. The van der Waals surface area contributed by atoms with Crippen LogP contribution in [0.15, 0.2) is 72.5 Å². The second kappa shape index (κ2) is 10.4. The highest BCUT2D eigenvalue weighted by molar-refractivity contribution is 8.01. The first-order chi connectivity index (χ1) is 19.0. The van der Waals surface area contributed by atoms with Crippen molar-refractivity contribution in [2.75, 3.05) is 18.0 Å². The summed E-state index contributed by atoms with van der Waals surface area (Å²) in [7, 11) is 0. The van der Waals surface area contributed by atoms with Crippen LogP contribution in [-0.2, 0) is 9.59 Å². The zero-order valence-electron chi connectivity index (χ0n) is 20.8. The summed E-state index contributed by atoms with van der Waals surface area (Å²) in [5.74, 6) is 0.590. The zero-order valence-corrected chi connectivity index (χ0v) is 21.6. The van der Waals surface area contributed by atoms with Gasteiger partial charge in [-0.3, -0.25) is 14.5 Å². The Labute approximate surface area is 228 Å². The summed E-state index contributed by atoms with van der Waals surface area (Å²) in [6.45, 7) is 4.64. The minimum absolute atomic E-state index is 0.140. The summed E-state index contributed by atoms with van der Waals surface area (Å²) in [5, 5.41) is 14.0. The van der Waals surface area contributed by atoms with Crippen LogP contribution in [0.5, 0.6) is 11.6 Å². The monoisotopic (exact) mass is 543 g/mol. The van der Waals surface area contributed by atoms with Crippen molar-refractivity contribution in [3.63, 3.8) is 0 Å². The Morgan fingerprint density at radius 1 is 1.18 bits per heavy atom. The maximum absolute atomic E-state index is 13.4. The number of pyridine rings is 1. The summed E-state index contributed by atoms with van der Waals surface area (Å²) in [4.78, 5) is 46.6. The fourth-order valence-electron chi connectivity index (χ4n) is 5.11. The molecule has 1 saturated heterocycles. The van der Waals surface area contributed by atoms with Crippen LogP contribution >= 0.6 is 11.8 Å². The molecule has 11 nitrogen and oxygen atoms in total. The number of amides is 4. The van der Waals surface area contributed by atoms with Crippen LogP contribution in [0.3, 0.4) is 0 Å². The van der Waals surface area contributed by atoms with Gasteiger partial charge in [-0.05, 0) is 55.3 Å². The fourth-order valence-corrected chi connectivity index (χ4v) is 6.35. The van der Waals surface area contributed by atoms with Crippen LogP contribution in [-0.4, -0.2) is 62.3 Å². The van der Waals surface area contributed by atoms with E-state index in [9.17, 15) is 14.4 Å². The number of hydrogen-bond donors (Lipinski definition) is 2. The van der Waals surface area contributed by atoms with Gasteiger partial charge in [0.1, 0.15) is 16.0 Å². The van der Waals surface area contributed by atoms with E-state index in [2.05, 4.69) is 32.4 Å². The largest absolute Gasteiger partial charge is 0.438 e. The van der Waals surface area contributed by atoms with E-state index in [1.165, 1.54) is 17.8 Å². The van der Waals surface area contributed by atoms with Gasteiger partial charge in [0, 0.05) is 43.2 Å². The number of aromatic nitrogens is 3. The van der Waals surface area contributed by atoms with E-state index in [1.54, 1.807) is 64.7 Å². The Bertz CT molecular complexity index is 1440. The quantitative estimate of drug-likeness (QED) is 0.453. The van der Waals surface area contributed by atoms with E-state index in [4.69, 9.17) is 4.74 Å². The van der Waals surface area contributed by atoms with Gasteiger partial charge < -0.3 is 20.3 Å². The molecule has 2 unspecified atom stereocenters. The number of rotatable bonds is 6. The Hall–Kier alpha value is -4.45. The van der Waals surface area contributed by atoms with Crippen molar-refractivity contribution < 1.29 is 19.1 Å². The van der Waals surface area contributed by atoms with Crippen LogP contribution < -0.4 is 20.3 Å². The summed E-state index contributed by atoms with van der Waals surface area (Å²) in [6.07, 6.45) is 6.08. The van der Waals surface area contributed by atoms with Crippen molar-refractivity contribution in [2.24, 2.45) is 0 Å². The number of urea groups is 1. The zero-order chi connectivity index (χ0) is 26.9. The van der Waals surface area contributed by atoms with Gasteiger partial charge in [-0.15, -0.1) is 5.10 Å². The molecule has 6 rings (SSSR count). The molecule has 12 heteroatoms. The Balaban J connectivity index is 1.20. The van der Waals surface area contributed by atoms with Crippen LogP contribution in [0.2, 0.25) is 0 Å². The van der Waals surface area contributed by atoms with Crippen LogP contribution in [0.25, 0.3) is 0 Å². The normalized spacial score (nSPS) is 21.5. The third-order valence-electron chi connectivity index (χ3n) is 6.88. The van der Waals surface area contributed by atoms with Crippen LogP contribution in [0, 0.1) is 0 Å². The van der Waals surface area contributed by atoms with Crippen LogP contribution in [0.1, 0.15) is 24.4 Å². The molecule has 0 bridgehead atoms. The highest BCUT2D eigenvalue weighted by Crippen LogP contribution is 2.50. The van der Waals surface area contributed by atoms with Gasteiger partial charge in [0.25, 0.3) is 0 Å². The number of likely N-dealkylation sites (tertiary alicyclic amines) is 1. The van der Waals surface area contributed by atoms with Gasteiger partial charge >= 0.3 is 6.03 Å². The summed E-state index contributed by atoms with van der Waals surface area (Å²) >= 11 is 1.34. The smallest absolute Gasteiger partial charge is 0.327 e. The van der Waals surface area contributed by atoms with Gasteiger partial charge in [0.15, 0.2) is 0 Å². The van der Waals surface area contributed by atoms with Crippen molar-refractivity contribution in [1.82, 2.24) is 30.7 Å². The second-order valence-electron chi connectivity index (χ2n) is 9.34. The first-order valence-electron chi connectivity index (χ1n) is 12.6. The number of carbonyl (C=O) groups excluding carboxylic acids is 3. The van der Waals surface area contributed by atoms with Gasteiger partial charge in [0.2, 0.25) is 17.7 Å². The lowest BCUT2D eigenvalue weighted by molar-refractivity contribution is -0.129. The van der Waals surface area contributed by atoms with E-state index < -0.39 is 11.3 Å². The predicted octanol–water partition coefficient (Wildman–Crippen LogP) is 3.33. The van der Waals surface area contributed by atoms with Crippen LogP contribution in [0.4, 0.5) is 16.2 Å². The van der Waals surface area contributed by atoms with E-state index in [1.807, 2.05) is 0 Å². The SMILES string of the molecule is C=CC(=O)N1CCCC(NC(=O)[C@@H]2Sc3nccc4c3C2NC(=O)N4c2ccc(Oc3cccnn3)cc2)C1. The third-order valence-corrected chi connectivity index (χ3v) is 8.17. The fraction of sp³-hybridized carbons (Fsp3) is 0.259. The molecule has 2 aromatic heterocycles. The molecule has 198 valence electrons. The number of piperidine rings is 1. The number of anilines is 2. The maximum atomic E-state index is 13.4. The topological polar surface area (TPSA) is 130 Å². The molecular formula is C27H25N7O4S. The van der Waals surface area contributed by atoms with E-state index in [-0.39, 0.29) is 23.9 Å². The van der Waals surface area contributed by atoms with E-state index >= 15 is 0 Å². The van der Waals surface area contributed by atoms with Crippen molar-refractivity contribution in [3.05, 3.63) is 73.1 Å². The third kappa shape index (κ3) is 4.78. The number of nitrogens with zero attached hydrogens (tertiary/aromatic N) is 5. The standard InChI is InChI=1S/C27H25N7O4S/c1-2-21(35)33-14-4-5-16(15-33)30-25(36)24-23-22-19(11-13-28-26(22)39-24)34(27(37)31-23)17-7-9-18(10-8-17)38-20-6-3-12-29-32-20/h2-3,6-13,16,23-24H,1,4-5,14-15H2,(H,30,36)(H,31,37)/t16?,23?,24-/m1/s1. The number of carbonyl (C=O) groups is 3. The first kappa shape index (κ1) is 24.9. The second-order valence-corrected chi connectivity index (χ2v) is 10.5. The number of hydrogen-bond acceptors (Lipinski definition) is 8. The minimum Gasteiger partial charge on any atom is -0.438 e. The molecule has 3 atom stereocenters. The average Bonchev–Trinajstić information content (AvgIpc) is 3.33. The molecule has 0 radical (unpaired) electrons. The van der Waals surface area contributed by atoms with E-state index in [0.29, 0.717) is 41.1 Å². The predicted molar refractivity (Wildman–Crippen MR) is 144 cm³/mol. The molecule has 2 N–H and O–H groups in total. The molecule has 3 aliphatic rings. The number of thioether (sulfide) groups is 1. The molecule has 5 heterocycles. The lowest BCUT2D eigenvalue weighted by Crippen LogP contribution is -2.53. The highest BCUT2D eigenvalue weighted by atomic mass is 32.2. The van der Waals surface area contributed by atoms with Gasteiger partial charge in [-0.25, -0.2) is 9.78 Å². The minimum atomic E-state index is -0.576. The molecule has 3 aromatic rings. The van der Waals surface area contributed by atoms with E-state index in [0.717, 1.165) is 18.4 Å². The number of ether oxygens (including phenoxy) is 1. The molecule has 0 saturated carbocycles. The molecule has 4 amide bonds. The summed E-state index contributed by atoms with van der Waals surface area (Å²) in [5.41, 5.74) is 2.13. The first-order valence-corrected chi connectivity index (χ1v) is 13.4. The number of nitrogens with one attached hydrogen (secondary N) is 2. The molecular weight excluding hydrogens is 518 g/mol. The maximum Gasteiger partial charge on any atom is 0.327 e. The summed E-state index contributed by atoms with van der Waals surface area (Å²) < 4.78 is 5.71. The highest BCUT2D eigenvalue weighted by Gasteiger charge is 2.47.